The van der Waals surface area contributed by atoms with E-state index >= 15 is 0 Å². The molecule has 0 aliphatic heterocycles. The number of hydrogen-bond donors (Lipinski definition) is 1. The Morgan fingerprint density at radius 2 is 1.97 bits per heavy atom. The second-order valence-corrected chi connectivity index (χ2v) is 8.66. The third-order valence-corrected chi connectivity index (χ3v) is 6.07. The van der Waals surface area contributed by atoms with Crippen LogP contribution in [0.2, 0.25) is 0 Å². The molecule has 0 spiro atoms. The maximum absolute atomic E-state index is 13.9. The number of carbonyl (C=O) groups excluding carboxylic acids is 1. The molecule has 0 unspecified atom stereocenters. The molecule has 0 saturated carbocycles. The Balaban J connectivity index is 1.62. The Morgan fingerprint density at radius 1 is 1.23 bits per heavy atom. The standard InChI is InChI=1S/C22H24BrFN4O2S/c1-4-15-6-9-17(10-7-15)30-14(3)21-26-27-22(28(21)5-2)31-13-20(29)25-19-11-8-16(23)12-18(19)24/h6-12,14H,4-5,13H2,1-3H3,(H,25,29)/t14-/m0/s1. The number of ether oxygens (including phenoxy) is 1. The van der Waals surface area contributed by atoms with Gasteiger partial charge < -0.3 is 14.6 Å². The molecule has 6 nitrogen and oxygen atoms in total. The van der Waals surface area contributed by atoms with Crippen LogP contribution >= 0.6 is 27.7 Å². The number of rotatable bonds is 9. The molecule has 0 bridgehead atoms. The zero-order valence-electron chi connectivity index (χ0n) is 17.6. The van der Waals surface area contributed by atoms with E-state index in [0.29, 0.717) is 22.0 Å². The first-order valence-corrected chi connectivity index (χ1v) is 11.8. The van der Waals surface area contributed by atoms with E-state index in [1.165, 1.54) is 29.5 Å². The van der Waals surface area contributed by atoms with E-state index in [-0.39, 0.29) is 23.5 Å². The summed E-state index contributed by atoms with van der Waals surface area (Å²) in [5.41, 5.74) is 1.39. The molecule has 164 valence electrons. The molecule has 1 atom stereocenters. The maximum atomic E-state index is 13.9. The van der Waals surface area contributed by atoms with Gasteiger partial charge in [-0.1, -0.05) is 46.7 Å². The van der Waals surface area contributed by atoms with Gasteiger partial charge in [0.05, 0.1) is 11.4 Å². The van der Waals surface area contributed by atoms with E-state index in [0.717, 1.165) is 12.2 Å². The normalized spacial score (nSPS) is 11.9. The Morgan fingerprint density at radius 3 is 2.61 bits per heavy atom. The highest BCUT2D eigenvalue weighted by Gasteiger charge is 2.19. The molecule has 1 heterocycles. The van der Waals surface area contributed by atoms with Gasteiger partial charge in [-0.2, -0.15) is 0 Å². The first-order valence-electron chi connectivity index (χ1n) is 9.97. The summed E-state index contributed by atoms with van der Waals surface area (Å²) in [6, 6.07) is 12.5. The number of carbonyl (C=O) groups is 1. The van der Waals surface area contributed by atoms with Gasteiger partial charge in [0.1, 0.15) is 11.6 Å². The van der Waals surface area contributed by atoms with Crippen molar-refractivity contribution in [2.45, 2.75) is 45.0 Å². The van der Waals surface area contributed by atoms with E-state index < -0.39 is 5.82 Å². The summed E-state index contributed by atoms with van der Waals surface area (Å²) in [5.74, 6) is 0.717. The fourth-order valence-corrected chi connectivity index (χ4v) is 4.12. The minimum atomic E-state index is -0.496. The Bertz CT molecular complexity index is 1040. The van der Waals surface area contributed by atoms with Crippen LogP contribution < -0.4 is 10.1 Å². The van der Waals surface area contributed by atoms with Crippen LogP contribution in [0.5, 0.6) is 5.75 Å². The van der Waals surface area contributed by atoms with Gasteiger partial charge in [-0.3, -0.25) is 4.79 Å². The zero-order valence-corrected chi connectivity index (χ0v) is 20.0. The van der Waals surface area contributed by atoms with Crippen LogP contribution in [-0.4, -0.2) is 26.4 Å². The fourth-order valence-electron chi connectivity index (χ4n) is 2.97. The average molecular weight is 507 g/mol. The third-order valence-electron chi connectivity index (χ3n) is 4.61. The third kappa shape index (κ3) is 6.07. The van der Waals surface area contributed by atoms with Gasteiger partial charge in [0, 0.05) is 11.0 Å². The molecule has 3 rings (SSSR count). The molecule has 0 aliphatic carbocycles. The number of aromatic nitrogens is 3. The fraction of sp³-hybridized carbons (Fsp3) is 0.318. The highest BCUT2D eigenvalue weighted by molar-refractivity contribution is 9.10. The second-order valence-electron chi connectivity index (χ2n) is 6.80. The van der Waals surface area contributed by atoms with Crippen molar-refractivity contribution < 1.29 is 13.9 Å². The summed E-state index contributed by atoms with van der Waals surface area (Å²) in [4.78, 5) is 12.3. The van der Waals surface area contributed by atoms with Crippen LogP contribution in [0.1, 0.15) is 38.3 Å². The maximum Gasteiger partial charge on any atom is 0.234 e. The van der Waals surface area contributed by atoms with E-state index in [9.17, 15) is 9.18 Å². The average Bonchev–Trinajstić information content (AvgIpc) is 3.18. The summed E-state index contributed by atoms with van der Waals surface area (Å²) in [6.07, 6.45) is 0.669. The van der Waals surface area contributed by atoms with Gasteiger partial charge >= 0.3 is 0 Å². The van der Waals surface area contributed by atoms with Gasteiger partial charge in [0.25, 0.3) is 0 Å². The Hall–Kier alpha value is -2.39. The molecular formula is C22H24BrFN4O2S. The lowest BCUT2D eigenvalue weighted by Crippen LogP contribution is -2.16. The largest absolute Gasteiger partial charge is 0.483 e. The number of nitrogens with one attached hydrogen (secondary N) is 1. The van der Waals surface area contributed by atoms with Crippen molar-refractivity contribution in [1.29, 1.82) is 0 Å². The lowest BCUT2D eigenvalue weighted by molar-refractivity contribution is -0.113. The second kappa shape index (κ2) is 10.8. The van der Waals surface area contributed by atoms with Gasteiger partial charge in [0.15, 0.2) is 17.1 Å². The number of aryl methyl sites for hydroxylation is 1. The topological polar surface area (TPSA) is 69.0 Å². The highest BCUT2D eigenvalue weighted by atomic mass is 79.9. The Labute approximate surface area is 193 Å². The molecule has 9 heteroatoms. The van der Waals surface area contributed by atoms with Gasteiger partial charge in [-0.25, -0.2) is 4.39 Å². The number of thioether (sulfide) groups is 1. The van der Waals surface area contributed by atoms with Gasteiger partial charge in [-0.15, -0.1) is 10.2 Å². The summed E-state index contributed by atoms with van der Waals surface area (Å²) in [6.45, 7) is 6.64. The van der Waals surface area contributed by atoms with Crippen molar-refractivity contribution in [3.63, 3.8) is 0 Å². The molecule has 3 aromatic rings. The predicted octanol–water partition coefficient (Wildman–Crippen LogP) is 5.63. The summed E-state index contributed by atoms with van der Waals surface area (Å²) in [5, 5.41) is 11.7. The summed E-state index contributed by atoms with van der Waals surface area (Å²) < 4.78 is 22.5. The SMILES string of the molecule is CCc1ccc(O[C@@H](C)c2nnc(SCC(=O)Nc3ccc(Br)cc3F)n2CC)cc1. The predicted molar refractivity (Wildman–Crippen MR) is 124 cm³/mol. The molecule has 0 radical (unpaired) electrons. The number of nitrogens with zero attached hydrogens (tertiary/aromatic N) is 3. The van der Waals surface area contributed by atoms with Crippen LogP contribution in [0.4, 0.5) is 10.1 Å². The van der Waals surface area contributed by atoms with E-state index in [1.54, 1.807) is 6.07 Å². The van der Waals surface area contributed by atoms with Crippen molar-refractivity contribution in [1.82, 2.24) is 14.8 Å². The number of halogens is 2. The molecule has 1 amide bonds. The molecule has 31 heavy (non-hydrogen) atoms. The van der Waals surface area contributed by atoms with Gasteiger partial charge in [0.2, 0.25) is 5.91 Å². The number of hydrogen-bond acceptors (Lipinski definition) is 5. The molecule has 2 aromatic carbocycles. The van der Waals surface area contributed by atoms with Crippen LogP contribution in [0.3, 0.4) is 0 Å². The van der Waals surface area contributed by atoms with Crippen molar-refractivity contribution in [3.05, 3.63) is 64.1 Å². The van der Waals surface area contributed by atoms with Crippen LogP contribution in [0.25, 0.3) is 0 Å². The van der Waals surface area contributed by atoms with Crippen molar-refractivity contribution in [2.24, 2.45) is 0 Å². The number of benzene rings is 2. The van der Waals surface area contributed by atoms with E-state index in [2.05, 4.69) is 38.4 Å². The molecule has 0 aliphatic rings. The Kier molecular flexibility index (Phi) is 8.09. The minimum Gasteiger partial charge on any atom is -0.483 e. The quantitative estimate of drug-likeness (QED) is 0.380. The lowest BCUT2D eigenvalue weighted by Gasteiger charge is -2.16. The van der Waals surface area contributed by atoms with Gasteiger partial charge in [-0.05, 0) is 56.2 Å². The van der Waals surface area contributed by atoms with Crippen molar-refractivity contribution in [3.8, 4) is 5.75 Å². The van der Waals surface area contributed by atoms with Crippen molar-refractivity contribution in [2.75, 3.05) is 11.1 Å². The zero-order chi connectivity index (χ0) is 22.4. The number of anilines is 1. The first-order chi connectivity index (χ1) is 14.9. The smallest absolute Gasteiger partial charge is 0.234 e. The molecule has 1 aromatic heterocycles. The van der Waals surface area contributed by atoms with Crippen LogP contribution in [-0.2, 0) is 17.8 Å². The minimum absolute atomic E-state index is 0.0847. The number of amides is 1. The van der Waals surface area contributed by atoms with Crippen LogP contribution in [0.15, 0.2) is 52.1 Å². The van der Waals surface area contributed by atoms with Crippen LogP contribution in [0, 0.1) is 5.82 Å². The molecule has 0 fully saturated rings. The lowest BCUT2D eigenvalue weighted by atomic mass is 10.2. The molecule has 0 saturated heterocycles. The van der Waals surface area contributed by atoms with E-state index in [1.807, 2.05) is 42.7 Å². The monoisotopic (exact) mass is 506 g/mol. The van der Waals surface area contributed by atoms with E-state index in [4.69, 9.17) is 4.74 Å². The molecular weight excluding hydrogens is 483 g/mol. The molecule has 1 N–H and O–H groups in total. The first kappa shape index (κ1) is 23.3. The summed E-state index contributed by atoms with van der Waals surface area (Å²) in [7, 11) is 0. The highest BCUT2D eigenvalue weighted by Crippen LogP contribution is 2.25. The van der Waals surface area contributed by atoms with Crippen molar-refractivity contribution >= 4 is 39.3 Å². The summed E-state index contributed by atoms with van der Waals surface area (Å²) >= 11 is 4.44.